The molecule has 2 aliphatic heterocycles. The van der Waals surface area contributed by atoms with E-state index in [0.29, 0.717) is 22.0 Å². The molecular formula is C22H21N3O6S2. The number of carboxylic acid groups (broad SMARTS) is 1. The van der Waals surface area contributed by atoms with Crippen molar-refractivity contribution in [3.63, 3.8) is 0 Å². The van der Waals surface area contributed by atoms with Gasteiger partial charge in [-0.3, -0.25) is 24.8 Å². The number of carbonyl (C=O) groups is 2. The van der Waals surface area contributed by atoms with Crippen molar-refractivity contribution in [3.05, 3.63) is 80.0 Å². The number of carboxylic acids is 1. The normalized spacial score (nSPS) is 22.7. The summed E-state index contributed by atoms with van der Waals surface area (Å²) in [6.45, 7) is 1.77. The molecular weight excluding hydrogens is 466 g/mol. The second kappa shape index (κ2) is 9.16. The quantitative estimate of drug-likeness (QED) is 0.310. The van der Waals surface area contributed by atoms with Crippen molar-refractivity contribution in [2.45, 2.75) is 36.5 Å². The van der Waals surface area contributed by atoms with Crippen molar-refractivity contribution in [2.24, 2.45) is 5.92 Å². The number of hydrogen-bond donors (Lipinski definition) is 2. The molecule has 1 saturated heterocycles. The van der Waals surface area contributed by atoms with Crippen LogP contribution in [0.1, 0.15) is 24.6 Å². The minimum atomic E-state index is -1.21. The van der Waals surface area contributed by atoms with Crippen molar-refractivity contribution < 1.29 is 24.7 Å². The van der Waals surface area contributed by atoms with E-state index >= 15 is 0 Å². The lowest BCUT2D eigenvalue weighted by atomic mass is 9.77. The number of aliphatic hydroxyl groups is 1. The maximum atomic E-state index is 13.1. The fourth-order valence-corrected chi connectivity index (χ4v) is 7.26. The Morgan fingerprint density at radius 3 is 2.64 bits per heavy atom. The number of aliphatic hydroxyl groups excluding tert-OH is 1. The van der Waals surface area contributed by atoms with Gasteiger partial charge in [-0.2, -0.15) is 0 Å². The van der Waals surface area contributed by atoms with E-state index in [9.17, 15) is 29.9 Å². The molecule has 11 heteroatoms. The van der Waals surface area contributed by atoms with Crippen LogP contribution >= 0.6 is 23.5 Å². The second-order valence-corrected chi connectivity index (χ2v) is 10.3. The first-order valence-electron chi connectivity index (χ1n) is 10.2. The highest BCUT2D eigenvalue weighted by atomic mass is 32.2. The number of non-ortho nitro benzene ring substituents is 1. The van der Waals surface area contributed by atoms with Crippen molar-refractivity contribution in [3.8, 4) is 0 Å². The zero-order valence-electron chi connectivity index (χ0n) is 17.6. The number of rotatable bonds is 9. The Kier molecular flexibility index (Phi) is 6.46. The molecule has 3 atom stereocenters. The Morgan fingerprint density at radius 2 is 2.06 bits per heavy atom. The zero-order valence-corrected chi connectivity index (χ0v) is 19.2. The first-order valence-corrected chi connectivity index (χ1v) is 12.0. The summed E-state index contributed by atoms with van der Waals surface area (Å²) >= 11 is 2.56. The molecule has 0 spiro atoms. The van der Waals surface area contributed by atoms with Gasteiger partial charge >= 0.3 is 5.97 Å². The smallest absolute Gasteiger partial charge is 0.354 e. The minimum Gasteiger partial charge on any atom is -0.477 e. The molecule has 4 rings (SSSR count). The third kappa shape index (κ3) is 4.11. The molecule has 1 aromatic carbocycles. The number of nitro groups is 1. The Morgan fingerprint density at radius 1 is 1.33 bits per heavy atom. The monoisotopic (exact) mass is 487 g/mol. The fourth-order valence-electron chi connectivity index (χ4n) is 4.16. The van der Waals surface area contributed by atoms with Crippen molar-refractivity contribution in [1.82, 2.24) is 9.88 Å². The van der Waals surface area contributed by atoms with Crippen LogP contribution in [-0.2, 0) is 21.8 Å². The lowest BCUT2D eigenvalue weighted by molar-refractivity contribution is -0.384. The van der Waals surface area contributed by atoms with Crippen molar-refractivity contribution >= 4 is 41.1 Å². The molecule has 3 heterocycles. The van der Waals surface area contributed by atoms with Gasteiger partial charge in [0.1, 0.15) is 4.87 Å². The second-order valence-electron chi connectivity index (χ2n) is 7.73. The summed E-state index contributed by atoms with van der Waals surface area (Å²) in [5, 5.41) is 31.6. The minimum absolute atomic E-state index is 0.0574. The molecule has 33 heavy (non-hydrogen) atoms. The van der Waals surface area contributed by atoms with E-state index in [1.807, 2.05) is 12.1 Å². The number of aromatic nitrogens is 1. The van der Waals surface area contributed by atoms with Crippen LogP contribution in [0.25, 0.3) is 0 Å². The fraction of sp³-hybridized carbons (Fsp3) is 0.318. The third-order valence-corrected chi connectivity index (χ3v) is 8.54. The van der Waals surface area contributed by atoms with Crippen LogP contribution in [0.3, 0.4) is 0 Å². The summed E-state index contributed by atoms with van der Waals surface area (Å²) in [6.07, 6.45) is 1.30. The molecule has 1 aromatic heterocycles. The lowest BCUT2D eigenvalue weighted by Crippen LogP contribution is -2.71. The number of benzene rings is 1. The molecule has 0 radical (unpaired) electrons. The Bertz CT molecular complexity index is 1120. The standard InChI is InChI=1S/C22H21N3O6S2/c1-2-16(26)17-19(27)24-18(20(28)29)21(32-12-14-5-3-4-10-23-14)33-22(17,24)11-13-6-8-15(9-7-13)25(30)31/h3-10,16-17,26H,2,11-12H2,1H3,(H,28,29)/t16-,17+,22+/m0/s1. The maximum absolute atomic E-state index is 13.1. The van der Waals surface area contributed by atoms with E-state index < -0.39 is 33.7 Å². The summed E-state index contributed by atoms with van der Waals surface area (Å²) in [6, 6.07) is 11.4. The van der Waals surface area contributed by atoms with Gasteiger partial charge in [0.05, 0.1) is 26.9 Å². The number of carbonyl (C=O) groups excluding carboxylic acids is 1. The molecule has 2 aliphatic rings. The van der Waals surface area contributed by atoms with Gasteiger partial charge < -0.3 is 10.2 Å². The highest BCUT2D eigenvalue weighted by molar-refractivity contribution is 8.22. The highest BCUT2D eigenvalue weighted by Crippen LogP contribution is 2.63. The van der Waals surface area contributed by atoms with Gasteiger partial charge in [-0.15, -0.1) is 11.8 Å². The Balaban J connectivity index is 1.68. The number of β-lactam (4-membered cyclic amide) rings is 1. The van der Waals surface area contributed by atoms with Crippen molar-refractivity contribution in [2.75, 3.05) is 0 Å². The third-order valence-electron chi connectivity index (χ3n) is 5.72. The average Bonchev–Trinajstić information content (AvgIpc) is 3.08. The van der Waals surface area contributed by atoms with Gasteiger partial charge in [-0.25, -0.2) is 4.79 Å². The molecule has 1 fully saturated rings. The first-order chi connectivity index (χ1) is 15.8. The summed E-state index contributed by atoms with van der Waals surface area (Å²) in [4.78, 5) is 40.3. The van der Waals surface area contributed by atoms with E-state index in [1.54, 1.807) is 31.3 Å². The number of fused-ring (bicyclic) bond motifs is 1. The van der Waals surface area contributed by atoms with Crippen LogP contribution in [0.5, 0.6) is 0 Å². The van der Waals surface area contributed by atoms with Gasteiger partial charge in [0.15, 0.2) is 5.70 Å². The first kappa shape index (κ1) is 23.3. The molecule has 0 saturated carbocycles. The number of nitrogens with zero attached hydrogens (tertiary/aromatic N) is 3. The summed E-state index contributed by atoms with van der Waals surface area (Å²) < 4.78 is 0.481. The summed E-state index contributed by atoms with van der Waals surface area (Å²) in [5.74, 6) is -2.00. The number of thioether (sulfide) groups is 2. The summed E-state index contributed by atoms with van der Waals surface area (Å²) in [7, 11) is 0. The zero-order chi connectivity index (χ0) is 23.8. The maximum Gasteiger partial charge on any atom is 0.354 e. The van der Waals surface area contributed by atoms with Crippen LogP contribution in [0.2, 0.25) is 0 Å². The van der Waals surface area contributed by atoms with E-state index in [4.69, 9.17) is 0 Å². The van der Waals surface area contributed by atoms with Crippen LogP contribution in [0, 0.1) is 16.0 Å². The van der Waals surface area contributed by atoms with Gasteiger partial charge in [-0.05, 0) is 24.1 Å². The number of nitro benzene ring substituents is 1. The molecule has 2 aromatic rings. The molecule has 9 nitrogen and oxygen atoms in total. The molecule has 0 aliphatic carbocycles. The Hall–Kier alpha value is -2.89. The highest BCUT2D eigenvalue weighted by Gasteiger charge is 2.68. The van der Waals surface area contributed by atoms with Crippen LogP contribution in [0.4, 0.5) is 5.69 Å². The summed E-state index contributed by atoms with van der Waals surface area (Å²) in [5.41, 5.74) is 1.33. The van der Waals surface area contributed by atoms with E-state index in [-0.39, 0.29) is 17.8 Å². The van der Waals surface area contributed by atoms with E-state index in [2.05, 4.69) is 4.98 Å². The largest absolute Gasteiger partial charge is 0.477 e. The topological polar surface area (TPSA) is 134 Å². The lowest BCUT2D eigenvalue weighted by Gasteiger charge is -2.54. The molecule has 2 N–H and O–H groups in total. The van der Waals surface area contributed by atoms with Gasteiger partial charge in [-0.1, -0.05) is 36.9 Å². The number of pyridine rings is 1. The van der Waals surface area contributed by atoms with E-state index in [0.717, 1.165) is 5.69 Å². The number of hydrogen-bond acceptors (Lipinski definition) is 8. The molecule has 1 amide bonds. The van der Waals surface area contributed by atoms with E-state index in [1.165, 1.54) is 40.6 Å². The predicted molar refractivity (Wildman–Crippen MR) is 124 cm³/mol. The number of amides is 1. The van der Waals surface area contributed by atoms with Crippen LogP contribution < -0.4 is 0 Å². The Labute approximate surface area is 198 Å². The van der Waals surface area contributed by atoms with Gasteiger partial charge in [0.25, 0.3) is 5.69 Å². The number of aliphatic carboxylic acids is 1. The predicted octanol–water partition coefficient (Wildman–Crippen LogP) is 3.39. The average molecular weight is 488 g/mol. The van der Waals surface area contributed by atoms with Gasteiger partial charge in [0.2, 0.25) is 5.91 Å². The molecule has 0 unspecified atom stereocenters. The van der Waals surface area contributed by atoms with Crippen LogP contribution in [-0.4, -0.2) is 47.9 Å². The SMILES string of the molecule is CC[C@H](O)[C@@H]1C(=O)N2C(C(=O)O)=C(SCc3ccccn3)S[C@]12Cc1ccc([N+](=O)[O-])cc1. The molecule has 0 bridgehead atoms. The van der Waals surface area contributed by atoms with Crippen LogP contribution in [0.15, 0.2) is 58.6 Å². The molecule has 172 valence electrons. The van der Waals surface area contributed by atoms with Gasteiger partial charge in [0, 0.05) is 30.5 Å². The van der Waals surface area contributed by atoms with Crippen molar-refractivity contribution in [1.29, 1.82) is 0 Å².